The van der Waals surface area contributed by atoms with Crippen LogP contribution in [0.1, 0.15) is 16.1 Å². The Morgan fingerprint density at radius 1 is 0.944 bits per heavy atom. The van der Waals surface area contributed by atoms with Gasteiger partial charge in [0.25, 0.3) is 5.78 Å². The molecule has 0 radical (unpaired) electrons. The van der Waals surface area contributed by atoms with Crippen LogP contribution in [-0.4, -0.2) is 17.3 Å². The Hall–Kier alpha value is -2.56. The lowest BCUT2D eigenvalue weighted by Gasteiger charge is -2.11. The Balaban J connectivity index is 2.45. The van der Waals surface area contributed by atoms with Crippen molar-refractivity contribution in [3.63, 3.8) is 0 Å². The van der Waals surface area contributed by atoms with E-state index in [2.05, 4.69) is 0 Å². The molecule has 1 aliphatic carbocycles. The number of carbonyl (C=O) groups excluding carboxylic acids is 3. The van der Waals surface area contributed by atoms with Crippen molar-refractivity contribution in [2.24, 2.45) is 0 Å². The van der Waals surface area contributed by atoms with Crippen LogP contribution < -0.4 is 5.43 Å². The number of carbonyl (C=O) groups is 3. The van der Waals surface area contributed by atoms with E-state index in [1.54, 1.807) is 18.2 Å². The summed E-state index contributed by atoms with van der Waals surface area (Å²) in [6.07, 6.45) is -0.333. The lowest BCUT2D eigenvalue weighted by Crippen LogP contribution is -2.36. The molecule has 0 spiro atoms. The first-order chi connectivity index (χ1) is 8.59. The highest BCUT2D eigenvalue weighted by Crippen LogP contribution is 2.20. The van der Waals surface area contributed by atoms with Crippen LogP contribution in [-0.2, 0) is 16.0 Å². The molecule has 2 aromatic rings. The quantitative estimate of drug-likeness (QED) is 0.634. The summed E-state index contributed by atoms with van der Waals surface area (Å²) in [5, 5.41) is 0.228. The van der Waals surface area contributed by atoms with E-state index >= 15 is 0 Å². The van der Waals surface area contributed by atoms with Gasteiger partial charge in [0.2, 0.25) is 17.0 Å². The fraction of sp³-hybridized carbons (Fsp3) is 0.0769. The molecular weight excluding hydrogens is 236 g/mol. The number of para-hydroxylation sites is 1. The summed E-state index contributed by atoms with van der Waals surface area (Å²) in [7, 11) is 0. The van der Waals surface area contributed by atoms with E-state index in [0.717, 1.165) is 0 Å². The number of Topliss-reactive ketones (excluding diaryl/α,β-unsaturated/α-hetero) is 3. The van der Waals surface area contributed by atoms with Crippen molar-refractivity contribution < 1.29 is 18.8 Å². The van der Waals surface area contributed by atoms with Gasteiger partial charge in [-0.05, 0) is 12.1 Å². The summed E-state index contributed by atoms with van der Waals surface area (Å²) in [6.45, 7) is 0. The van der Waals surface area contributed by atoms with E-state index in [-0.39, 0.29) is 23.1 Å². The van der Waals surface area contributed by atoms with Crippen molar-refractivity contribution in [3.8, 4) is 0 Å². The molecule has 0 aliphatic heterocycles. The summed E-state index contributed by atoms with van der Waals surface area (Å²) < 4.78 is 5.36. The third kappa shape index (κ3) is 1.27. The van der Waals surface area contributed by atoms with Crippen LogP contribution in [0.5, 0.6) is 0 Å². The number of hydrogen-bond donors (Lipinski definition) is 0. The molecule has 0 bridgehead atoms. The lowest BCUT2D eigenvalue weighted by atomic mass is 9.92. The smallest absolute Gasteiger partial charge is 0.269 e. The number of rotatable bonds is 0. The van der Waals surface area contributed by atoms with E-state index in [0.29, 0.717) is 5.58 Å². The molecule has 1 aromatic heterocycles. The maximum Gasteiger partial charge on any atom is 0.269 e. The van der Waals surface area contributed by atoms with E-state index in [9.17, 15) is 19.2 Å². The minimum atomic E-state index is -1.15. The molecule has 0 atom stereocenters. The molecule has 5 heteroatoms. The molecule has 3 rings (SSSR count). The predicted molar refractivity (Wildman–Crippen MR) is 60.5 cm³/mol. The fourth-order valence-electron chi connectivity index (χ4n) is 2.01. The Kier molecular flexibility index (Phi) is 2.04. The van der Waals surface area contributed by atoms with Gasteiger partial charge in [0.1, 0.15) is 16.9 Å². The monoisotopic (exact) mass is 242 g/mol. The molecular formula is C13H6O5. The Labute approximate surface area is 100 Å². The first-order valence-electron chi connectivity index (χ1n) is 5.26. The average Bonchev–Trinajstić information content (AvgIpc) is 2.36. The van der Waals surface area contributed by atoms with Crippen LogP contribution in [0.3, 0.4) is 0 Å². The minimum Gasteiger partial charge on any atom is -0.460 e. The van der Waals surface area contributed by atoms with E-state index in [1.165, 1.54) is 6.07 Å². The second kappa shape index (κ2) is 3.46. The third-order valence-electron chi connectivity index (χ3n) is 2.88. The molecule has 1 aromatic carbocycles. The molecule has 0 saturated heterocycles. The Morgan fingerprint density at radius 3 is 2.44 bits per heavy atom. The molecule has 1 heterocycles. The molecule has 0 N–H and O–H groups in total. The molecule has 18 heavy (non-hydrogen) atoms. The van der Waals surface area contributed by atoms with Crippen molar-refractivity contribution in [2.45, 2.75) is 6.42 Å². The SMILES string of the molecule is O=C1Cc2oc3ccccc3c(=O)c2C(=O)C1=O. The van der Waals surface area contributed by atoms with Gasteiger partial charge in [-0.15, -0.1) is 0 Å². The van der Waals surface area contributed by atoms with E-state index < -0.39 is 22.8 Å². The highest BCUT2D eigenvalue weighted by Gasteiger charge is 2.36. The molecule has 88 valence electrons. The maximum absolute atomic E-state index is 12.1. The maximum atomic E-state index is 12.1. The number of hydrogen-bond acceptors (Lipinski definition) is 5. The predicted octanol–water partition coefficient (Wildman–Crippen LogP) is 0.670. The summed E-state index contributed by atoms with van der Waals surface area (Å²) in [4.78, 5) is 46.3. The van der Waals surface area contributed by atoms with Gasteiger partial charge in [-0.1, -0.05) is 12.1 Å². The van der Waals surface area contributed by atoms with E-state index in [4.69, 9.17) is 4.42 Å². The zero-order chi connectivity index (χ0) is 12.9. The highest BCUT2D eigenvalue weighted by atomic mass is 16.3. The molecule has 1 aliphatic rings. The van der Waals surface area contributed by atoms with Gasteiger partial charge in [0.05, 0.1) is 11.8 Å². The molecule has 0 saturated carbocycles. The first-order valence-corrected chi connectivity index (χ1v) is 5.26. The third-order valence-corrected chi connectivity index (χ3v) is 2.88. The number of fused-ring (bicyclic) bond motifs is 2. The van der Waals surface area contributed by atoms with Gasteiger partial charge >= 0.3 is 0 Å². The van der Waals surface area contributed by atoms with Crippen LogP contribution in [0, 0.1) is 0 Å². The van der Waals surface area contributed by atoms with Crippen molar-refractivity contribution in [3.05, 3.63) is 45.8 Å². The number of benzene rings is 1. The first kappa shape index (κ1) is 10.6. The Morgan fingerprint density at radius 2 is 1.67 bits per heavy atom. The van der Waals surface area contributed by atoms with Crippen molar-refractivity contribution in [2.75, 3.05) is 0 Å². The van der Waals surface area contributed by atoms with Gasteiger partial charge in [-0.3, -0.25) is 19.2 Å². The zero-order valence-corrected chi connectivity index (χ0v) is 9.06. The van der Waals surface area contributed by atoms with Crippen LogP contribution in [0.25, 0.3) is 11.0 Å². The van der Waals surface area contributed by atoms with Crippen LogP contribution >= 0.6 is 0 Å². The van der Waals surface area contributed by atoms with Gasteiger partial charge in [0, 0.05) is 0 Å². The average molecular weight is 242 g/mol. The van der Waals surface area contributed by atoms with Crippen molar-refractivity contribution in [1.82, 2.24) is 0 Å². The van der Waals surface area contributed by atoms with Gasteiger partial charge < -0.3 is 4.42 Å². The zero-order valence-electron chi connectivity index (χ0n) is 9.06. The van der Waals surface area contributed by atoms with Gasteiger partial charge in [-0.2, -0.15) is 0 Å². The van der Waals surface area contributed by atoms with Crippen LogP contribution in [0.2, 0.25) is 0 Å². The molecule has 0 unspecified atom stereocenters. The summed E-state index contributed by atoms with van der Waals surface area (Å²) in [5.41, 5.74) is -0.563. The molecule has 0 fully saturated rings. The Bertz CT molecular complexity index is 782. The van der Waals surface area contributed by atoms with E-state index in [1.807, 2.05) is 0 Å². The van der Waals surface area contributed by atoms with Crippen molar-refractivity contribution in [1.29, 1.82) is 0 Å². The van der Waals surface area contributed by atoms with Gasteiger partial charge in [-0.25, -0.2) is 0 Å². The topological polar surface area (TPSA) is 81.4 Å². The normalized spacial score (nSPS) is 15.0. The van der Waals surface area contributed by atoms with Crippen molar-refractivity contribution >= 4 is 28.3 Å². The van der Waals surface area contributed by atoms with Crippen LogP contribution in [0.4, 0.5) is 0 Å². The summed E-state index contributed by atoms with van der Waals surface area (Å²) >= 11 is 0. The highest BCUT2D eigenvalue weighted by molar-refractivity contribution is 6.68. The largest absolute Gasteiger partial charge is 0.460 e. The standard InChI is InChI=1S/C13H6O5/c14-7-5-9-10(13(17)12(7)16)11(15)6-3-1-2-4-8(6)18-9/h1-4H,5H2. The van der Waals surface area contributed by atoms with Crippen LogP contribution in [0.15, 0.2) is 33.5 Å². The molecule has 0 amide bonds. The fourth-order valence-corrected chi connectivity index (χ4v) is 2.01. The van der Waals surface area contributed by atoms with Gasteiger partial charge in [0.15, 0.2) is 0 Å². The summed E-state index contributed by atoms with van der Waals surface area (Å²) in [6, 6.07) is 6.39. The molecule has 5 nitrogen and oxygen atoms in total. The summed E-state index contributed by atoms with van der Waals surface area (Å²) in [5.74, 6) is -3.08. The minimum absolute atomic E-state index is 0.0201. The second-order valence-corrected chi connectivity index (χ2v) is 3.98. The lowest BCUT2D eigenvalue weighted by molar-refractivity contribution is -0.134. The number of ketones is 3. The second-order valence-electron chi connectivity index (χ2n) is 3.98.